The molecule has 4 nitrogen and oxygen atoms in total. The van der Waals surface area contributed by atoms with E-state index in [1.807, 2.05) is 31.2 Å². The van der Waals surface area contributed by atoms with Gasteiger partial charge in [0.25, 0.3) is 0 Å². The molecule has 0 radical (unpaired) electrons. The topological polar surface area (TPSA) is 74.6 Å². The highest BCUT2D eigenvalue weighted by molar-refractivity contribution is 7.52. The van der Waals surface area contributed by atoms with E-state index in [0.717, 1.165) is 5.56 Å². The zero-order valence-corrected chi connectivity index (χ0v) is 13.9. The quantitative estimate of drug-likeness (QED) is 0.586. The van der Waals surface area contributed by atoms with Gasteiger partial charge < -0.3 is 9.79 Å². The number of rotatable bonds is 7. The SMILES string of the molecule is Cc1ccccc1C(=O)CCCC(c1ccccc1)P(=O)(O)O. The highest BCUT2D eigenvalue weighted by Gasteiger charge is 2.29. The van der Waals surface area contributed by atoms with Gasteiger partial charge in [-0.15, -0.1) is 0 Å². The maximum Gasteiger partial charge on any atom is 0.332 e. The Morgan fingerprint density at radius 3 is 2.26 bits per heavy atom. The number of ketones is 1. The van der Waals surface area contributed by atoms with Gasteiger partial charge in [0.15, 0.2) is 5.78 Å². The second-order valence-electron chi connectivity index (χ2n) is 5.65. The molecule has 0 aliphatic rings. The number of benzene rings is 2. The number of carbonyl (C=O) groups is 1. The third kappa shape index (κ3) is 4.87. The van der Waals surface area contributed by atoms with E-state index < -0.39 is 13.3 Å². The molecule has 122 valence electrons. The van der Waals surface area contributed by atoms with Crippen LogP contribution in [0.2, 0.25) is 0 Å². The monoisotopic (exact) mass is 332 g/mol. The fourth-order valence-electron chi connectivity index (χ4n) is 2.68. The Morgan fingerprint density at radius 1 is 1.04 bits per heavy atom. The minimum absolute atomic E-state index is 0.0145. The molecule has 1 atom stereocenters. The Labute approximate surface area is 136 Å². The number of aryl methyl sites for hydroxylation is 1. The summed E-state index contributed by atoms with van der Waals surface area (Å²) in [5.74, 6) is 0.0145. The zero-order chi connectivity index (χ0) is 16.9. The van der Waals surface area contributed by atoms with Gasteiger partial charge in [-0.3, -0.25) is 9.36 Å². The summed E-state index contributed by atoms with van der Waals surface area (Å²) >= 11 is 0. The molecule has 2 aromatic rings. The summed E-state index contributed by atoms with van der Waals surface area (Å²) in [5.41, 5.74) is 1.37. The molecule has 0 spiro atoms. The molecule has 0 aliphatic carbocycles. The van der Waals surface area contributed by atoms with Crippen LogP contribution in [-0.2, 0) is 4.57 Å². The largest absolute Gasteiger partial charge is 0.332 e. The molecule has 1 unspecified atom stereocenters. The molecule has 2 aromatic carbocycles. The molecule has 0 heterocycles. The Morgan fingerprint density at radius 2 is 1.65 bits per heavy atom. The van der Waals surface area contributed by atoms with E-state index >= 15 is 0 Å². The normalized spacial score (nSPS) is 12.8. The van der Waals surface area contributed by atoms with Gasteiger partial charge in [-0.05, 0) is 30.9 Å². The van der Waals surface area contributed by atoms with E-state index in [-0.39, 0.29) is 18.6 Å². The maximum absolute atomic E-state index is 12.2. The van der Waals surface area contributed by atoms with Gasteiger partial charge in [0.2, 0.25) is 0 Å². The molecular formula is C18H21O4P. The minimum atomic E-state index is -4.25. The summed E-state index contributed by atoms with van der Waals surface area (Å²) in [6, 6.07) is 16.1. The van der Waals surface area contributed by atoms with E-state index in [4.69, 9.17) is 0 Å². The molecule has 23 heavy (non-hydrogen) atoms. The fraction of sp³-hybridized carbons (Fsp3) is 0.278. The van der Waals surface area contributed by atoms with Crippen LogP contribution in [0.1, 0.15) is 46.4 Å². The maximum atomic E-state index is 12.2. The molecular weight excluding hydrogens is 311 g/mol. The van der Waals surface area contributed by atoms with E-state index in [9.17, 15) is 19.1 Å². The van der Waals surface area contributed by atoms with Gasteiger partial charge in [0.05, 0.1) is 5.66 Å². The van der Waals surface area contributed by atoms with Crippen molar-refractivity contribution in [2.45, 2.75) is 31.8 Å². The predicted molar refractivity (Wildman–Crippen MR) is 90.6 cm³/mol. The van der Waals surface area contributed by atoms with Crippen LogP contribution in [0.4, 0.5) is 0 Å². The molecule has 0 amide bonds. The predicted octanol–water partition coefficient (Wildman–Crippen LogP) is 4.27. The van der Waals surface area contributed by atoms with Crippen molar-refractivity contribution in [3.05, 3.63) is 71.3 Å². The van der Waals surface area contributed by atoms with Crippen LogP contribution in [0.25, 0.3) is 0 Å². The fourth-order valence-corrected chi connectivity index (χ4v) is 3.76. The van der Waals surface area contributed by atoms with Crippen molar-refractivity contribution in [2.75, 3.05) is 0 Å². The Bertz CT molecular complexity index is 706. The van der Waals surface area contributed by atoms with Crippen LogP contribution in [0.5, 0.6) is 0 Å². The smallest absolute Gasteiger partial charge is 0.324 e. The number of hydrogen-bond acceptors (Lipinski definition) is 2. The first-order valence-electron chi connectivity index (χ1n) is 7.58. The van der Waals surface area contributed by atoms with E-state index in [2.05, 4.69) is 0 Å². The highest BCUT2D eigenvalue weighted by atomic mass is 31.2. The van der Waals surface area contributed by atoms with Crippen molar-refractivity contribution >= 4 is 13.4 Å². The Balaban J connectivity index is 2.02. The molecule has 0 aliphatic heterocycles. The average molecular weight is 332 g/mol. The van der Waals surface area contributed by atoms with Crippen LogP contribution < -0.4 is 0 Å². The standard InChI is InChI=1S/C18H21O4P/c1-14-8-5-6-11-16(14)17(19)12-7-13-18(23(20,21)22)15-9-3-2-4-10-15/h2-6,8-11,18H,7,12-13H2,1H3,(H2,20,21,22). The van der Waals surface area contributed by atoms with Gasteiger partial charge in [-0.25, -0.2) is 0 Å². The van der Waals surface area contributed by atoms with Crippen LogP contribution in [-0.4, -0.2) is 15.6 Å². The van der Waals surface area contributed by atoms with E-state index in [1.165, 1.54) is 0 Å². The molecule has 0 fully saturated rings. The minimum Gasteiger partial charge on any atom is -0.324 e. The van der Waals surface area contributed by atoms with E-state index in [0.29, 0.717) is 17.5 Å². The zero-order valence-electron chi connectivity index (χ0n) is 13.1. The Hall–Kier alpha value is -1.74. The van der Waals surface area contributed by atoms with Crippen molar-refractivity contribution in [1.82, 2.24) is 0 Å². The summed E-state index contributed by atoms with van der Waals surface area (Å²) in [6.45, 7) is 1.88. The van der Waals surface area contributed by atoms with Crippen LogP contribution in [0, 0.1) is 6.92 Å². The third-order valence-corrected chi connectivity index (χ3v) is 5.29. The van der Waals surface area contributed by atoms with Gasteiger partial charge in [0, 0.05) is 12.0 Å². The van der Waals surface area contributed by atoms with Crippen molar-refractivity contribution < 1.29 is 19.1 Å². The second-order valence-corrected chi connectivity index (χ2v) is 7.45. The molecule has 0 bridgehead atoms. The van der Waals surface area contributed by atoms with Gasteiger partial charge in [0.1, 0.15) is 0 Å². The summed E-state index contributed by atoms with van der Waals surface area (Å²) in [7, 11) is -4.25. The number of Topliss-reactive ketones (excluding diaryl/α,β-unsaturated/α-hetero) is 1. The lowest BCUT2D eigenvalue weighted by Gasteiger charge is -2.18. The molecule has 5 heteroatoms. The first kappa shape index (κ1) is 17.6. The van der Waals surface area contributed by atoms with Gasteiger partial charge >= 0.3 is 7.60 Å². The van der Waals surface area contributed by atoms with Crippen molar-refractivity contribution in [1.29, 1.82) is 0 Å². The van der Waals surface area contributed by atoms with E-state index in [1.54, 1.807) is 30.3 Å². The molecule has 0 saturated heterocycles. The lowest BCUT2D eigenvalue weighted by atomic mass is 9.99. The van der Waals surface area contributed by atoms with Gasteiger partial charge in [-0.1, -0.05) is 54.6 Å². The molecule has 0 aromatic heterocycles. The molecule has 2 rings (SSSR count). The van der Waals surface area contributed by atoms with Crippen LogP contribution >= 0.6 is 7.60 Å². The summed E-state index contributed by atoms with van der Waals surface area (Å²) in [6.07, 6.45) is 1.01. The second kappa shape index (κ2) is 7.69. The Kier molecular flexibility index (Phi) is 5.89. The molecule has 2 N–H and O–H groups in total. The third-order valence-electron chi connectivity index (χ3n) is 3.92. The lowest BCUT2D eigenvalue weighted by Crippen LogP contribution is -2.04. The van der Waals surface area contributed by atoms with Crippen LogP contribution in [0.15, 0.2) is 54.6 Å². The average Bonchev–Trinajstić information content (AvgIpc) is 2.51. The number of hydrogen-bond donors (Lipinski definition) is 2. The number of carbonyl (C=O) groups excluding carboxylic acids is 1. The van der Waals surface area contributed by atoms with Crippen molar-refractivity contribution in [3.8, 4) is 0 Å². The molecule has 0 saturated carbocycles. The highest BCUT2D eigenvalue weighted by Crippen LogP contribution is 2.54. The van der Waals surface area contributed by atoms with Crippen LogP contribution in [0.3, 0.4) is 0 Å². The van der Waals surface area contributed by atoms with Crippen molar-refractivity contribution in [2.24, 2.45) is 0 Å². The lowest BCUT2D eigenvalue weighted by molar-refractivity contribution is 0.0978. The summed E-state index contributed by atoms with van der Waals surface area (Å²) in [4.78, 5) is 31.4. The first-order chi connectivity index (χ1) is 10.9. The summed E-state index contributed by atoms with van der Waals surface area (Å²) < 4.78 is 11.7. The first-order valence-corrected chi connectivity index (χ1v) is 9.26. The van der Waals surface area contributed by atoms with Crippen molar-refractivity contribution in [3.63, 3.8) is 0 Å². The van der Waals surface area contributed by atoms with Gasteiger partial charge in [-0.2, -0.15) is 0 Å². The summed E-state index contributed by atoms with van der Waals surface area (Å²) in [5, 5.41) is 0.